The van der Waals surface area contributed by atoms with Gasteiger partial charge in [-0.1, -0.05) is 26.7 Å². The summed E-state index contributed by atoms with van der Waals surface area (Å²) in [4.78, 5) is 3.24. The molecule has 0 spiro atoms. The summed E-state index contributed by atoms with van der Waals surface area (Å²) in [6.07, 6.45) is 4.79. The average molecular weight is 404 g/mol. The van der Waals surface area contributed by atoms with Crippen LogP contribution in [0.1, 0.15) is 45.6 Å². The lowest BCUT2D eigenvalue weighted by Crippen LogP contribution is -2.30. The van der Waals surface area contributed by atoms with E-state index in [2.05, 4.69) is 23.4 Å². The van der Waals surface area contributed by atoms with Gasteiger partial charge >= 0.3 is 0 Å². The molecule has 5 heteroatoms. The topological polar surface area (TPSA) is 20.7 Å². The maximum atomic E-state index is 13.9. The van der Waals surface area contributed by atoms with Gasteiger partial charge in [0.2, 0.25) is 0 Å². The summed E-state index contributed by atoms with van der Waals surface area (Å²) >= 11 is 7.52. The van der Waals surface area contributed by atoms with Crippen LogP contribution >= 0.6 is 34.8 Å². The lowest BCUT2D eigenvalue weighted by atomic mass is 9.73. The van der Waals surface area contributed by atoms with Crippen LogP contribution in [0.3, 0.4) is 0 Å². The zero-order chi connectivity index (χ0) is 14.5. The lowest BCUT2D eigenvalue weighted by Gasteiger charge is -2.39. The van der Waals surface area contributed by atoms with Crippen molar-refractivity contribution in [1.29, 1.82) is 0 Å². The molecule has 1 atom stereocenters. The van der Waals surface area contributed by atoms with Crippen molar-refractivity contribution in [1.82, 2.24) is 9.55 Å². The van der Waals surface area contributed by atoms with E-state index in [1.807, 2.05) is 28.7 Å². The third-order valence-electron chi connectivity index (χ3n) is 4.52. The summed E-state index contributed by atoms with van der Waals surface area (Å²) in [5, 5.41) is 0. The van der Waals surface area contributed by atoms with Crippen LogP contribution in [-0.4, -0.2) is 9.55 Å². The molecule has 1 saturated carbocycles. The van der Waals surface area contributed by atoms with Gasteiger partial charge in [-0.25, -0.2) is 4.39 Å². The predicted molar refractivity (Wildman–Crippen MR) is 91.1 cm³/mol. The second kappa shape index (κ2) is 5.09. The standard InChI is InChI=1S/C15H18FIN2S/c1-15(2)6-4-3-5-13(15)19-12-7-9(16)10(17)8-11(12)18-14(19)20/h7-8,13H,3-6H2,1-2H3,(H,18,20). The first-order valence-electron chi connectivity index (χ1n) is 6.99. The Kier molecular flexibility index (Phi) is 3.69. The molecule has 1 heterocycles. The van der Waals surface area contributed by atoms with Gasteiger partial charge in [-0.2, -0.15) is 0 Å². The fourth-order valence-corrected chi connectivity index (χ4v) is 4.19. The minimum atomic E-state index is -0.172. The van der Waals surface area contributed by atoms with Crippen molar-refractivity contribution in [2.24, 2.45) is 5.41 Å². The van der Waals surface area contributed by atoms with Gasteiger partial charge in [0.25, 0.3) is 0 Å². The smallest absolute Gasteiger partial charge is 0.178 e. The summed E-state index contributed by atoms with van der Waals surface area (Å²) in [5.74, 6) is -0.172. The highest BCUT2D eigenvalue weighted by Crippen LogP contribution is 2.45. The maximum Gasteiger partial charge on any atom is 0.178 e. The summed E-state index contributed by atoms with van der Waals surface area (Å²) in [6, 6.07) is 3.80. The molecule has 0 amide bonds. The minimum absolute atomic E-state index is 0.172. The molecule has 1 aliphatic rings. The number of imidazole rings is 1. The number of hydrogen-bond donors (Lipinski definition) is 1. The van der Waals surface area contributed by atoms with E-state index in [0.29, 0.717) is 14.4 Å². The van der Waals surface area contributed by atoms with Gasteiger partial charge in [-0.15, -0.1) is 0 Å². The zero-order valence-corrected chi connectivity index (χ0v) is 14.6. The normalized spacial score (nSPS) is 22.3. The van der Waals surface area contributed by atoms with Crippen LogP contribution in [0.25, 0.3) is 11.0 Å². The van der Waals surface area contributed by atoms with Crippen molar-refractivity contribution in [3.05, 3.63) is 26.3 Å². The van der Waals surface area contributed by atoms with E-state index in [1.165, 1.54) is 19.3 Å². The number of halogens is 2. The molecule has 1 aromatic carbocycles. The molecule has 108 valence electrons. The van der Waals surface area contributed by atoms with E-state index in [0.717, 1.165) is 17.5 Å². The highest BCUT2D eigenvalue weighted by molar-refractivity contribution is 14.1. The molecule has 0 radical (unpaired) electrons. The van der Waals surface area contributed by atoms with Crippen LogP contribution in [0.2, 0.25) is 0 Å². The Hall–Kier alpha value is -0.430. The summed E-state index contributed by atoms with van der Waals surface area (Å²) < 4.78 is 17.4. The largest absolute Gasteiger partial charge is 0.331 e. The van der Waals surface area contributed by atoms with Crippen molar-refractivity contribution in [2.75, 3.05) is 0 Å². The highest BCUT2D eigenvalue weighted by Gasteiger charge is 2.34. The number of H-pyrrole nitrogens is 1. The average Bonchev–Trinajstić information content (AvgIpc) is 2.65. The Labute approximate surface area is 136 Å². The van der Waals surface area contributed by atoms with E-state index < -0.39 is 0 Å². The third-order valence-corrected chi connectivity index (χ3v) is 5.65. The van der Waals surface area contributed by atoms with Crippen LogP contribution in [0.15, 0.2) is 12.1 Å². The fraction of sp³-hybridized carbons (Fsp3) is 0.533. The van der Waals surface area contributed by atoms with Crippen LogP contribution in [-0.2, 0) is 0 Å². The summed E-state index contributed by atoms with van der Waals surface area (Å²) in [6.45, 7) is 4.58. The number of rotatable bonds is 1. The summed E-state index contributed by atoms with van der Waals surface area (Å²) in [7, 11) is 0. The number of fused-ring (bicyclic) bond motifs is 1. The minimum Gasteiger partial charge on any atom is -0.331 e. The van der Waals surface area contributed by atoms with Gasteiger partial charge in [-0.05, 0) is 59.1 Å². The molecule has 1 fully saturated rings. The van der Waals surface area contributed by atoms with Crippen LogP contribution in [0, 0.1) is 19.6 Å². The van der Waals surface area contributed by atoms with E-state index in [9.17, 15) is 4.39 Å². The van der Waals surface area contributed by atoms with E-state index in [1.54, 1.807) is 6.07 Å². The highest BCUT2D eigenvalue weighted by atomic mass is 127. The Morgan fingerprint density at radius 2 is 2.15 bits per heavy atom. The second-order valence-electron chi connectivity index (χ2n) is 6.33. The number of benzene rings is 1. The molecule has 0 saturated heterocycles. The number of aromatic amines is 1. The van der Waals surface area contributed by atoms with Crippen LogP contribution in [0.4, 0.5) is 4.39 Å². The molecule has 1 unspecified atom stereocenters. The molecule has 1 N–H and O–H groups in total. The summed E-state index contributed by atoms with van der Waals surface area (Å²) in [5.41, 5.74) is 2.03. The molecule has 1 aliphatic carbocycles. The predicted octanol–water partition coefficient (Wildman–Crippen LogP) is 5.58. The molecule has 2 aromatic rings. The number of hydrogen-bond acceptors (Lipinski definition) is 1. The molecule has 1 aromatic heterocycles. The first-order valence-corrected chi connectivity index (χ1v) is 8.48. The van der Waals surface area contributed by atoms with E-state index >= 15 is 0 Å². The van der Waals surface area contributed by atoms with Gasteiger partial charge in [0, 0.05) is 12.1 Å². The number of nitrogens with one attached hydrogen (secondary N) is 1. The van der Waals surface area contributed by atoms with Gasteiger partial charge in [0.15, 0.2) is 4.77 Å². The number of aromatic nitrogens is 2. The lowest BCUT2D eigenvalue weighted by molar-refractivity contribution is 0.146. The zero-order valence-electron chi connectivity index (χ0n) is 11.7. The molecule has 0 bridgehead atoms. The van der Waals surface area contributed by atoms with Crippen molar-refractivity contribution < 1.29 is 4.39 Å². The molecule has 2 nitrogen and oxygen atoms in total. The van der Waals surface area contributed by atoms with E-state index in [-0.39, 0.29) is 11.2 Å². The Balaban J connectivity index is 2.23. The van der Waals surface area contributed by atoms with Gasteiger partial charge < -0.3 is 9.55 Å². The van der Waals surface area contributed by atoms with Gasteiger partial charge in [0.1, 0.15) is 5.82 Å². The van der Waals surface area contributed by atoms with Crippen LogP contribution in [0.5, 0.6) is 0 Å². The molecule has 0 aliphatic heterocycles. The monoisotopic (exact) mass is 404 g/mol. The quantitative estimate of drug-likeness (QED) is 0.486. The van der Waals surface area contributed by atoms with Crippen molar-refractivity contribution in [3.63, 3.8) is 0 Å². The first-order chi connectivity index (χ1) is 9.40. The van der Waals surface area contributed by atoms with Crippen molar-refractivity contribution >= 4 is 45.8 Å². The molecule has 20 heavy (non-hydrogen) atoms. The van der Waals surface area contributed by atoms with Gasteiger partial charge in [-0.3, -0.25) is 0 Å². The Morgan fingerprint density at radius 1 is 1.40 bits per heavy atom. The SMILES string of the molecule is CC1(C)CCCCC1n1c(=S)[nH]c2cc(I)c(F)cc21. The maximum absolute atomic E-state index is 13.9. The first kappa shape index (κ1) is 14.5. The third kappa shape index (κ3) is 2.32. The van der Waals surface area contributed by atoms with Gasteiger partial charge in [0.05, 0.1) is 14.6 Å². The molecule has 3 rings (SSSR count). The Morgan fingerprint density at radius 3 is 2.85 bits per heavy atom. The van der Waals surface area contributed by atoms with Crippen molar-refractivity contribution in [2.45, 2.75) is 45.6 Å². The second-order valence-corrected chi connectivity index (χ2v) is 7.88. The fourth-order valence-electron chi connectivity index (χ4n) is 3.38. The number of nitrogens with zero attached hydrogens (tertiary/aromatic N) is 1. The molecular formula is C15H18FIN2S. The Bertz CT molecular complexity index is 716. The van der Waals surface area contributed by atoms with E-state index in [4.69, 9.17) is 12.2 Å². The van der Waals surface area contributed by atoms with Crippen LogP contribution < -0.4 is 0 Å². The molecular weight excluding hydrogens is 386 g/mol. The van der Waals surface area contributed by atoms with Crippen molar-refractivity contribution in [3.8, 4) is 0 Å².